The van der Waals surface area contributed by atoms with E-state index >= 15 is 0 Å². The van der Waals surface area contributed by atoms with Gasteiger partial charge in [-0.1, -0.05) is 18.7 Å². The second kappa shape index (κ2) is 13.2. The Morgan fingerprint density at radius 3 is 2.79 bits per heavy atom. The second-order valence-corrected chi connectivity index (χ2v) is 8.34. The minimum absolute atomic E-state index is 0.0895. The van der Waals surface area contributed by atoms with E-state index in [1.807, 2.05) is 18.2 Å². The number of esters is 1. The molecule has 8 heteroatoms. The Morgan fingerprint density at radius 1 is 1.24 bits per heavy atom. The summed E-state index contributed by atoms with van der Waals surface area (Å²) in [4.78, 5) is 26.1. The molecule has 0 N–H and O–H groups in total. The maximum atomic E-state index is 12.9. The summed E-state index contributed by atoms with van der Waals surface area (Å²) in [5.74, 6) is 0.299. The van der Waals surface area contributed by atoms with Crippen molar-refractivity contribution in [3.05, 3.63) is 49.1 Å². The van der Waals surface area contributed by atoms with Crippen molar-refractivity contribution < 1.29 is 33.3 Å². The number of ether oxygens (including phenoxy) is 5. The summed E-state index contributed by atoms with van der Waals surface area (Å²) in [6.45, 7) is 10.7. The molecule has 3 atom stereocenters. The summed E-state index contributed by atoms with van der Waals surface area (Å²) >= 11 is 0. The molecule has 1 aromatic carbocycles. The molecule has 3 rings (SSSR count). The molecule has 2 heterocycles. The van der Waals surface area contributed by atoms with E-state index in [-0.39, 0.29) is 12.9 Å². The number of hydrogen-bond acceptors (Lipinski definition) is 7. The first-order chi connectivity index (χ1) is 16.5. The van der Waals surface area contributed by atoms with E-state index in [2.05, 4.69) is 13.2 Å². The number of fused-ring (bicyclic) bond motifs is 1. The molecule has 2 aliphatic rings. The fraction of sp³-hybridized carbons (Fsp3) is 0.538. The molecule has 2 aliphatic heterocycles. The summed E-state index contributed by atoms with van der Waals surface area (Å²) in [7, 11) is 0. The topological polar surface area (TPSA) is 83.5 Å². The Morgan fingerprint density at radius 2 is 2.09 bits per heavy atom. The monoisotopic (exact) mass is 473 g/mol. The van der Waals surface area contributed by atoms with Gasteiger partial charge < -0.3 is 23.7 Å². The van der Waals surface area contributed by atoms with Crippen LogP contribution >= 0.6 is 0 Å². The van der Waals surface area contributed by atoms with Crippen molar-refractivity contribution in [1.29, 1.82) is 0 Å². The van der Waals surface area contributed by atoms with Crippen molar-refractivity contribution in [3.8, 4) is 5.75 Å². The normalized spacial score (nSPS) is 20.2. The zero-order chi connectivity index (χ0) is 24.3. The van der Waals surface area contributed by atoms with Crippen LogP contribution in [-0.4, -0.2) is 56.9 Å². The molecule has 1 aromatic rings. The average molecular weight is 474 g/mol. The van der Waals surface area contributed by atoms with Crippen LogP contribution in [0.25, 0.3) is 0 Å². The van der Waals surface area contributed by atoms with E-state index in [0.29, 0.717) is 37.5 Å². The average Bonchev–Trinajstić information content (AvgIpc) is 3.21. The summed E-state index contributed by atoms with van der Waals surface area (Å²) in [6.07, 6.45) is 6.88. The predicted octanol–water partition coefficient (Wildman–Crippen LogP) is 4.56. The van der Waals surface area contributed by atoms with Gasteiger partial charge in [-0.3, -0.25) is 9.69 Å². The van der Waals surface area contributed by atoms with Gasteiger partial charge in [-0.15, -0.1) is 6.58 Å². The highest BCUT2D eigenvalue weighted by molar-refractivity contribution is 5.91. The second-order valence-electron chi connectivity index (χ2n) is 8.34. The number of carbonyl (C=O) groups excluding carboxylic acids is 2. The molecule has 1 saturated heterocycles. The Bertz CT molecular complexity index is 850. The largest absolute Gasteiger partial charge is 0.493 e. The van der Waals surface area contributed by atoms with Gasteiger partial charge in [0.1, 0.15) is 18.5 Å². The number of rotatable bonds is 12. The van der Waals surface area contributed by atoms with Gasteiger partial charge >= 0.3 is 12.1 Å². The third-order valence-electron chi connectivity index (χ3n) is 5.74. The SMILES string of the molecule is C=CCOC(=O)N1c2ccc(OCCCOC3CCCCO3)cc2C[C@H]1[C@@H](CC=C)OC(C)=O. The fourth-order valence-corrected chi connectivity index (χ4v) is 4.24. The zero-order valence-electron chi connectivity index (χ0n) is 19.9. The summed E-state index contributed by atoms with van der Waals surface area (Å²) in [6, 6.07) is 5.18. The molecule has 0 aromatic heterocycles. The lowest BCUT2D eigenvalue weighted by Crippen LogP contribution is -2.46. The first kappa shape index (κ1) is 25.8. The molecule has 186 valence electrons. The zero-order valence-corrected chi connectivity index (χ0v) is 19.9. The minimum atomic E-state index is -0.540. The van der Waals surface area contributed by atoms with Crippen molar-refractivity contribution in [2.45, 2.75) is 63.9 Å². The predicted molar refractivity (Wildman–Crippen MR) is 128 cm³/mol. The lowest BCUT2D eigenvalue weighted by Gasteiger charge is -2.30. The van der Waals surface area contributed by atoms with E-state index < -0.39 is 24.2 Å². The molecule has 0 aliphatic carbocycles. The van der Waals surface area contributed by atoms with Crippen LogP contribution in [0.1, 0.15) is 44.6 Å². The fourth-order valence-electron chi connectivity index (χ4n) is 4.24. The molecule has 8 nitrogen and oxygen atoms in total. The van der Waals surface area contributed by atoms with Gasteiger partial charge in [-0.05, 0) is 49.4 Å². The Balaban J connectivity index is 1.64. The molecule has 0 radical (unpaired) electrons. The number of benzene rings is 1. The standard InChI is InChI=1S/C26H35NO7/c1-4-9-24(34-19(3)28)23-18-20-17-21(11-12-22(20)27(23)26(29)33-13-5-2)30-15-8-16-32-25-10-6-7-14-31-25/h4-5,11-12,17,23-25H,1-2,6-10,13-16,18H2,3H3/t23-,24+,25?/m0/s1. The van der Waals surface area contributed by atoms with E-state index in [1.165, 1.54) is 13.0 Å². The van der Waals surface area contributed by atoms with Gasteiger partial charge in [-0.25, -0.2) is 4.79 Å². The third kappa shape index (κ3) is 7.08. The van der Waals surface area contributed by atoms with E-state index in [1.54, 1.807) is 11.0 Å². The van der Waals surface area contributed by atoms with Crippen LogP contribution in [0.4, 0.5) is 10.5 Å². The van der Waals surface area contributed by atoms with Crippen LogP contribution in [0.5, 0.6) is 5.75 Å². The Labute approximate surface area is 201 Å². The van der Waals surface area contributed by atoms with Crippen molar-refractivity contribution in [3.63, 3.8) is 0 Å². The first-order valence-corrected chi connectivity index (χ1v) is 11.9. The molecule has 34 heavy (non-hydrogen) atoms. The van der Waals surface area contributed by atoms with Crippen LogP contribution < -0.4 is 9.64 Å². The molecular formula is C26H35NO7. The van der Waals surface area contributed by atoms with Gasteiger partial charge in [0.2, 0.25) is 0 Å². The maximum absolute atomic E-state index is 12.9. The molecule has 1 amide bonds. The van der Waals surface area contributed by atoms with Crippen LogP contribution in [0.2, 0.25) is 0 Å². The molecular weight excluding hydrogens is 438 g/mol. The van der Waals surface area contributed by atoms with Gasteiger partial charge in [0.25, 0.3) is 0 Å². The molecule has 0 saturated carbocycles. The van der Waals surface area contributed by atoms with Crippen LogP contribution in [0.3, 0.4) is 0 Å². The van der Waals surface area contributed by atoms with Crippen LogP contribution in [0, 0.1) is 0 Å². The molecule has 1 unspecified atom stereocenters. The smallest absolute Gasteiger partial charge is 0.415 e. The summed E-state index contributed by atoms with van der Waals surface area (Å²) in [5, 5.41) is 0. The maximum Gasteiger partial charge on any atom is 0.415 e. The number of nitrogens with zero attached hydrogens (tertiary/aromatic N) is 1. The lowest BCUT2D eigenvalue weighted by atomic mass is 10.0. The lowest BCUT2D eigenvalue weighted by molar-refractivity contribution is -0.163. The highest BCUT2D eigenvalue weighted by Gasteiger charge is 2.41. The Kier molecular flexibility index (Phi) is 9.97. The van der Waals surface area contributed by atoms with Gasteiger partial charge in [0, 0.05) is 26.4 Å². The quantitative estimate of drug-likeness (QED) is 0.250. The molecule has 0 bridgehead atoms. The van der Waals surface area contributed by atoms with Crippen molar-refractivity contribution >= 4 is 17.7 Å². The minimum Gasteiger partial charge on any atom is -0.493 e. The van der Waals surface area contributed by atoms with Crippen LogP contribution in [0.15, 0.2) is 43.5 Å². The summed E-state index contributed by atoms with van der Waals surface area (Å²) in [5.41, 5.74) is 1.64. The van der Waals surface area contributed by atoms with Gasteiger partial charge in [0.15, 0.2) is 6.29 Å². The first-order valence-electron chi connectivity index (χ1n) is 11.9. The highest BCUT2D eigenvalue weighted by atomic mass is 16.7. The van der Waals surface area contributed by atoms with E-state index in [0.717, 1.165) is 37.9 Å². The molecule has 1 fully saturated rings. The number of anilines is 1. The van der Waals surface area contributed by atoms with Gasteiger partial charge in [0.05, 0.1) is 24.9 Å². The Hall–Kier alpha value is -2.84. The highest BCUT2D eigenvalue weighted by Crippen LogP contribution is 2.38. The van der Waals surface area contributed by atoms with E-state index in [4.69, 9.17) is 23.7 Å². The number of carbonyl (C=O) groups is 2. The van der Waals surface area contributed by atoms with Gasteiger partial charge in [-0.2, -0.15) is 0 Å². The number of hydrogen-bond donors (Lipinski definition) is 0. The van der Waals surface area contributed by atoms with Crippen molar-refractivity contribution in [1.82, 2.24) is 0 Å². The molecule has 0 spiro atoms. The third-order valence-corrected chi connectivity index (χ3v) is 5.74. The van der Waals surface area contributed by atoms with Crippen LogP contribution in [-0.2, 0) is 30.2 Å². The van der Waals surface area contributed by atoms with Crippen molar-refractivity contribution in [2.24, 2.45) is 0 Å². The number of amides is 1. The van der Waals surface area contributed by atoms with Crippen molar-refractivity contribution in [2.75, 3.05) is 31.3 Å². The summed E-state index contributed by atoms with van der Waals surface area (Å²) < 4.78 is 28.1. The van der Waals surface area contributed by atoms with E-state index in [9.17, 15) is 9.59 Å².